The van der Waals surface area contributed by atoms with Crippen molar-refractivity contribution in [2.24, 2.45) is 0 Å². The number of aliphatic hydroxyl groups is 3. The van der Waals surface area contributed by atoms with Gasteiger partial charge in [0.2, 0.25) is 10.4 Å². The van der Waals surface area contributed by atoms with Crippen LogP contribution in [-0.2, 0) is 4.74 Å². The maximum absolute atomic E-state index is 14.2. The minimum Gasteiger partial charge on any atom is -0.390 e. The number of nitrogen functional groups attached to an aromatic ring is 1. The second kappa shape index (κ2) is 4.97. The van der Waals surface area contributed by atoms with E-state index in [1.807, 2.05) is 0 Å². The summed E-state index contributed by atoms with van der Waals surface area (Å²) in [7, 11) is 0. The predicted molar refractivity (Wildman–Crippen MR) is 68.3 cm³/mol. The van der Waals surface area contributed by atoms with Crippen molar-refractivity contribution in [2.75, 3.05) is 12.3 Å². The summed E-state index contributed by atoms with van der Waals surface area (Å²) >= 11 is 4.81. The van der Waals surface area contributed by atoms with Gasteiger partial charge in [-0.25, -0.2) is 8.78 Å². The molecule has 1 aliphatic heterocycles. The molecule has 1 aromatic heterocycles. The van der Waals surface area contributed by atoms with Crippen LogP contribution >= 0.6 is 12.2 Å². The van der Waals surface area contributed by atoms with Gasteiger partial charge in [-0.15, -0.1) is 6.42 Å². The molecule has 1 saturated heterocycles. The third-order valence-corrected chi connectivity index (χ3v) is 3.44. The lowest BCUT2D eigenvalue weighted by Crippen LogP contribution is -2.50. The fourth-order valence-electron chi connectivity index (χ4n) is 1.97. The third kappa shape index (κ3) is 2.19. The summed E-state index contributed by atoms with van der Waals surface area (Å²) in [5, 5.41) is 29.0. The van der Waals surface area contributed by atoms with Crippen LogP contribution in [0.25, 0.3) is 0 Å². The summed E-state index contributed by atoms with van der Waals surface area (Å²) in [4.78, 5) is 3.47. The molecule has 1 fully saturated rings. The molecule has 1 aromatic rings. The molecule has 4 unspecified atom stereocenters. The highest BCUT2D eigenvalue weighted by Gasteiger charge is 2.64. The van der Waals surface area contributed by atoms with E-state index in [0.29, 0.717) is 10.8 Å². The highest BCUT2D eigenvalue weighted by molar-refractivity contribution is 7.71. The van der Waals surface area contributed by atoms with Crippen molar-refractivity contribution in [2.45, 2.75) is 23.8 Å². The molecule has 1 aliphatic rings. The van der Waals surface area contributed by atoms with Crippen molar-refractivity contribution in [3.8, 4) is 12.3 Å². The smallest absolute Gasteiger partial charge is 0.264 e. The maximum Gasteiger partial charge on any atom is 0.264 e. The molecule has 114 valence electrons. The van der Waals surface area contributed by atoms with Crippen LogP contribution < -0.4 is 5.73 Å². The van der Waals surface area contributed by atoms with Crippen LogP contribution in [-0.4, -0.2) is 49.0 Å². The second-order valence-corrected chi connectivity index (χ2v) is 4.82. The number of ether oxygens (including phenoxy) is 1. The number of nitrogens with two attached hydrogens (primary N) is 1. The number of aliphatic hydroxyl groups excluding tert-OH is 2. The summed E-state index contributed by atoms with van der Waals surface area (Å²) in [6.45, 7) is -1.28. The first-order valence-corrected chi connectivity index (χ1v) is 6.00. The third-order valence-electron chi connectivity index (χ3n) is 3.14. The Hall–Kier alpha value is -1.64. The summed E-state index contributed by atoms with van der Waals surface area (Å²) in [5.41, 5.74) is 2.62. The van der Waals surface area contributed by atoms with Gasteiger partial charge >= 0.3 is 0 Å². The average molecular weight is 319 g/mol. The zero-order valence-corrected chi connectivity index (χ0v) is 11.2. The molecule has 0 saturated carbocycles. The summed E-state index contributed by atoms with van der Waals surface area (Å²) in [6, 6.07) is 0. The minimum atomic E-state index is -3.04. The first kappa shape index (κ1) is 15.7. The normalized spacial score (nSPS) is 35.6. The van der Waals surface area contributed by atoms with Gasteiger partial charge in [-0.05, 0) is 12.2 Å². The van der Waals surface area contributed by atoms with Crippen LogP contribution in [0.4, 0.5) is 14.6 Å². The minimum absolute atomic E-state index is 0.359. The fraction of sp³-hybridized carbons (Fsp3) is 0.455. The first-order valence-electron chi connectivity index (χ1n) is 5.59. The molecule has 2 heterocycles. The number of halogens is 2. The van der Waals surface area contributed by atoms with Gasteiger partial charge in [-0.3, -0.25) is 4.57 Å². The number of rotatable bonds is 2. The number of aromatic nitrogens is 2. The topological polar surface area (TPSA) is 114 Å². The molecule has 5 N–H and O–H groups in total. The number of terminal acetylenes is 1. The largest absolute Gasteiger partial charge is 0.390 e. The van der Waals surface area contributed by atoms with Crippen LogP contribution in [0, 0.1) is 22.9 Å². The van der Waals surface area contributed by atoms with E-state index >= 15 is 0 Å². The van der Waals surface area contributed by atoms with E-state index in [4.69, 9.17) is 34.2 Å². The Kier molecular flexibility index (Phi) is 3.73. The number of nitrogens with zero attached hydrogens (tertiary/aromatic N) is 2. The molecule has 0 aromatic carbocycles. The van der Waals surface area contributed by atoms with Crippen LogP contribution in [0.1, 0.15) is 6.23 Å². The van der Waals surface area contributed by atoms with Crippen molar-refractivity contribution >= 4 is 18.0 Å². The molecule has 0 aliphatic carbocycles. The SMILES string of the molecule is C#CC1(O)C(n2cc(F)c(N)nc2=S)OC(F)(CO)C1O. The monoisotopic (exact) mass is 319 g/mol. The van der Waals surface area contributed by atoms with E-state index in [1.54, 1.807) is 5.92 Å². The van der Waals surface area contributed by atoms with Gasteiger partial charge in [-0.2, -0.15) is 4.98 Å². The highest BCUT2D eigenvalue weighted by Crippen LogP contribution is 2.45. The highest BCUT2D eigenvalue weighted by atomic mass is 32.1. The predicted octanol–water partition coefficient (Wildman–Crippen LogP) is -0.754. The van der Waals surface area contributed by atoms with Crippen LogP contribution in [0.2, 0.25) is 0 Å². The van der Waals surface area contributed by atoms with Crippen molar-refractivity contribution in [3.05, 3.63) is 16.8 Å². The van der Waals surface area contributed by atoms with Gasteiger partial charge in [0.05, 0.1) is 0 Å². The molecule has 2 rings (SSSR count). The van der Waals surface area contributed by atoms with E-state index in [0.717, 1.165) is 0 Å². The fourth-order valence-corrected chi connectivity index (χ4v) is 2.22. The zero-order chi connectivity index (χ0) is 16.0. The number of alkyl halides is 1. The molecule has 0 spiro atoms. The Morgan fingerprint density at radius 3 is 2.81 bits per heavy atom. The van der Waals surface area contributed by atoms with Gasteiger partial charge in [0.25, 0.3) is 5.85 Å². The van der Waals surface area contributed by atoms with E-state index in [1.165, 1.54) is 0 Å². The molecule has 21 heavy (non-hydrogen) atoms. The molecule has 0 amide bonds. The van der Waals surface area contributed by atoms with Gasteiger partial charge in [0.15, 0.2) is 24.0 Å². The lowest BCUT2D eigenvalue weighted by molar-refractivity contribution is -0.207. The van der Waals surface area contributed by atoms with Crippen molar-refractivity contribution in [1.29, 1.82) is 0 Å². The number of hydrogen-bond donors (Lipinski definition) is 4. The lowest BCUT2D eigenvalue weighted by Gasteiger charge is -2.26. The molecule has 0 radical (unpaired) electrons. The van der Waals surface area contributed by atoms with Gasteiger partial charge in [0, 0.05) is 6.20 Å². The molecule has 0 bridgehead atoms. The van der Waals surface area contributed by atoms with Crippen molar-refractivity contribution in [1.82, 2.24) is 9.55 Å². The molecule has 4 atom stereocenters. The molecule has 10 heteroatoms. The summed E-state index contributed by atoms with van der Waals surface area (Å²) in [5.74, 6) is -2.79. The van der Waals surface area contributed by atoms with Gasteiger partial charge < -0.3 is 25.8 Å². The quantitative estimate of drug-likeness (QED) is 0.419. The Bertz CT molecular complexity index is 678. The molecular formula is C11H11F2N3O4S. The Morgan fingerprint density at radius 2 is 2.29 bits per heavy atom. The van der Waals surface area contributed by atoms with E-state index < -0.39 is 42.0 Å². The van der Waals surface area contributed by atoms with E-state index in [2.05, 4.69) is 4.98 Å². The number of anilines is 1. The molecular weight excluding hydrogens is 308 g/mol. The summed E-state index contributed by atoms with van der Waals surface area (Å²) in [6.07, 6.45) is 1.72. The summed E-state index contributed by atoms with van der Waals surface area (Å²) < 4.78 is 32.8. The lowest BCUT2D eigenvalue weighted by atomic mass is 9.94. The van der Waals surface area contributed by atoms with Crippen molar-refractivity contribution in [3.63, 3.8) is 0 Å². The maximum atomic E-state index is 14.2. The number of hydrogen-bond acceptors (Lipinski definition) is 7. The van der Waals surface area contributed by atoms with Gasteiger partial charge in [-0.1, -0.05) is 5.92 Å². The van der Waals surface area contributed by atoms with E-state index in [-0.39, 0.29) is 4.77 Å². The Labute approximate surface area is 122 Å². The Morgan fingerprint density at radius 1 is 1.67 bits per heavy atom. The van der Waals surface area contributed by atoms with Crippen molar-refractivity contribution < 1.29 is 28.8 Å². The standard InChI is InChI=1S/C11H11F2N3O4S/c1-2-10(19)7(18)11(13,4-17)20-8(10)16-3-5(12)6(14)15-9(16)21/h1,3,7-8,17-19H,4H2,(H2,14,15,21). The van der Waals surface area contributed by atoms with Crippen LogP contribution in [0.3, 0.4) is 0 Å². The van der Waals surface area contributed by atoms with Crippen LogP contribution in [0.5, 0.6) is 0 Å². The Balaban J connectivity index is 2.61. The van der Waals surface area contributed by atoms with Crippen LogP contribution in [0.15, 0.2) is 6.20 Å². The second-order valence-electron chi connectivity index (χ2n) is 4.45. The molecule has 7 nitrogen and oxygen atoms in total. The zero-order valence-electron chi connectivity index (χ0n) is 10.4. The van der Waals surface area contributed by atoms with E-state index in [9.17, 15) is 19.0 Å². The van der Waals surface area contributed by atoms with Gasteiger partial charge in [0.1, 0.15) is 6.61 Å². The average Bonchev–Trinajstić information content (AvgIpc) is 2.66. The first-order chi connectivity index (χ1) is 9.69.